The van der Waals surface area contributed by atoms with Crippen molar-refractivity contribution in [2.45, 2.75) is 25.4 Å². The van der Waals surface area contributed by atoms with Gasteiger partial charge in [0.1, 0.15) is 0 Å². The average Bonchev–Trinajstić information content (AvgIpc) is 2.63. The van der Waals surface area contributed by atoms with E-state index in [9.17, 15) is 0 Å². The van der Waals surface area contributed by atoms with Gasteiger partial charge in [-0.2, -0.15) is 0 Å². The first-order valence-corrected chi connectivity index (χ1v) is 4.80. The van der Waals surface area contributed by atoms with Crippen molar-refractivity contribution >= 4 is 0 Å². The van der Waals surface area contributed by atoms with Crippen molar-refractivity contribution in [1.29, 1.82) is 0 Å². The van der Waals surface area contributed by atoms with Crippen molar-refractivity contribution in [3.05, 3.63) is 35.9 Å². The van der Waals surface area contributed by atoms with E-state index in [0.717, 1.165) is 5.56 Å². The molecule has 0 amide bonds. The van der Waals surface area contributed by atoms with Crippen LogP contribution in [0.2, 0.25) is 0 Å². The lowest BCUT2D eigenvalue weighted by Crippen LogP contribution is -2.12. The Bertz CT molecular complexity index is 273. The molecule has 1 aromatic rings. The molecule has 3 nitrogen and oxygen atoms in total. The van der Waals surface area contributed by atoms with Gasteiger partial charge < -0.3 is 14.6 Å². The standard InChI is InChI=1S/C11H14O3/c12-11-6-10(8-14-11)13-7-9-4-2-1-3-5-9/h1-5,10-12H,6-8H2. The highest BCUT2D eigenvalue weighted by Gasteiger charge is 2.23. The fourth-order valence-electron chi connectivity index (χ4n) is 1.48. The van der Waals surface area contributed by atoms with Crippen LogP contribution in [0.4, 0.5) is 0 Å². The Morgan fingerprint density at radius 2 is 2.14 bits per heavy atom. The Morgan fingerprint density at radius 1 is 1.36 bits per heavy atom. The molecule has 1 fully saturated rings. The van der Waals surface area contributed by atoms with Crippen molar-refractivity contribution in [3.8, 4) is 0 Å². The van der Waals surface area contributed by atoms with Crippen LogP contribution >= 0.6 is 0 Å². The molecule has 2 rings (SSSR count). The summed E-state index contributed by atoms with van der Waals surface area (Å²) >= 11 is 0. The lowest BCUT2D eigenvalue weighted by molar-refractivity contribution is -0.0602. The molecule has 1 heterocycles. The highest BCUT2D eigenvalue weighted by Crippen LogP contribution is 2.15. The van der Waals surface area contributed by atoms with Crippen molar-refractivity contribution in [3.63, 3.8) is 0 Å². The van der Waals surface area contributed by atoms with Crippen molar-refractivity contribution in [2.75, 3.05) is 6.61 Å². The van der Waals surface area contributed by atoms with Crippen LogP contribution < -0.4 is 0 Å². The number of benzene rings is 1. The first-order chi connectivity index (χ1) is 6.84. The van der Waals surface area contributed by atoms with Gasteiger partial charge in [-0.05, 0) is 5.56 Å². The molecule has 0 radical (unpaired) electrons. The molecule has 3 heteroatoms. The SMILES string of the molecule is OC1CC(OCc2ccccc2)CO1. The Balaban J connectivity index is 1.78. The molecule has 0 spiro atoms. The molecule has 2 atom stereocenters. The van der Waals surface area contributed by atoms with Gasteiger partial charge in [0.05, 0.1) is 19.3 Å². The van der Waals surface area contributed by atoms with Gasteiger partial charge in [-0.3, -0.25) is 0 Å². The molecule has 1 saturated heterocycles. The molecule has 76 valence electrons. The van der Waals surface area contributed by atoms with Crippen LogP contribution in [0.3, 0.4) is 0 Å². The zero-order chi connectivity index (χ0) is 9.80. The summed E-state index contributed by atoms with van der Waals surface area (Å²) in [6.07, 6.45) is -0.0340. The smallest absolute Gasteiger partial charge is 0.157 e. The molecule has 1 N–H and O–H groups in total. The molecule has 2 unspecified atom stereocenters. The first kappa shape index (κ1) is 9.65. The molecular formula is C11H14O3. The van der Waals surface area contributed by atoms with E-state index in [2.05, 4.69) is 0 Å². The van der Waals surface area contributed by atoms with E-state index < -0.39 is 6.29 Å². The minimum absolute atomic E-state index is 0.0326. The Labute approximate surface area is 83.3 Å². The maximum Gasteiger partial charge on any atom is 0.157 e. The van der Waals surface area contributed by atoms with Gasteiger partial charge in [0.25, 0.3) is 0 Å². The minimum atomic E-state index is -0.643. The lowest BCUT2D eigenvalue weighted by Gasteiger charge is -2.09. The third kappa shape index (κ3) is 2.54. The number of hydrogen-bond acceptors (Lipinski definition) is 3. The second-order valence-corrected chi connectivity index (χ2v) is 3.44. The topological polar surface area (TPSA) is 38.7 Å². The molecule has 1 aliphatic heterocycles. The molecule has 1 aliphatic rings. The number of aliphatic hydroxyl groups is 1. The monoisotopic (exact) mass is 194 g/mol. The molecule has 14 heavy (non-hydrogen) atoms. The average molecular weight is 194 g/mol. The largest absolute Gasteiger partial charge is 0.371 e. The van der Waals surface area contributed by atoms with Crippen LogP contribution in [0.25, 0.3) is 0 Å². The predicted molar refractivity (Wildman–Crippen MR) is 51.6 cm³/mol. The number of aliphatic hydroxyl groups excluding tert-OH is 1. The van der Waals surface area contributed by atoms with Gasteiger partial charge in [0, 0.05) is 6.42 Å². The summed E-state index contributed by atoms with van der Waals surface area (Å²) in [7, 11) is 0. The quantitative estimate of drug-likeness (QED) is 0.788. The fraction of sp³-hybridized carbons (Fsp3) is 0.455. The van der Waals surface area contributed by atoms with Gasteiger partial charge in [0.2, 0.25) is 0 Å². The van der Waals surface area contributed by atoms with Crippen molar-refractivity contribution in [2.24, 2.45) is 0 Å². The third-order valence-corrected chi connectivity index (χ3v) is 2.27. The highest BCUT2D eigenvalue weighted by atomic mass is 16.6. The van der Waals surface area contributed by atoms with Crippen molar-refractivity contribution < 1.29 is 14.6 Å². The van der Waals surface area contributed by atoms with Gasteiger partial charge >= 0.3 is 0 Å². The molecule has 0 aromatic heterocycles. The van der Waals surface area contributed by atoms with Crippen LogP contribution in [0.15, 0.2) is 30.3 Å². The van der Waals surface area contributed by atoms with Gasteiger partial charge in [-0.1, -0.05) is 30.3 Å². The van der Waals surface area contributed by atoms with Crippen LogP contribution in [0, 0.1) is 0 Å². The van der Waals surface area contributed by atoms with E-state index in [4.69, 9.17) is 14.6 Å². The van der Waals surface area contributed by atoms with E-state index in [-0.39, 0.29) is 6.10 Å². The fourth-order valence-corrected chi connectivity index (χ4v) is 1.48. The number of rotatable bonds is 3. The third-order valence-electron chi connectivity index (χ3n) is 2.27. The molecule has 0 aliphatic carbocycles. The normalized spacial score (nSPS) is 26.6. The van der Waals surface area contributed by atoms with Crippen LogP contribution in [-0.4, -0.2) is 24.1 Å². The van der Waals surface area contributed by atoms with Crippen LogP contribution in [0.1, 0.15) is 12.0 Å². The van der Waals surface area contributed by atoms with E-state index in [1.165, 1.54) is 0 Å². The predicted octanol–water partition coefficient (Wildman–Crippen LogP) is 1.31. The summed E-state index contributed by atoms with van der Waals surface area (Å²) in [6.45, 7) is 1.08. The number of ether oxygens (including phenoxy) is 2. The van der Waals surface area contributed by atoms with Gasteiger partial charge in [-0.15, -0.1) is 0 Å². The summed E-state index contributed by atoms with van der Waals surface area (Å²) in [5.41, 5.74) is 1.15. The van der Waals surface area contributed by atoms with Crippen molar-refractivity contribution in [1.82, 2.24) is 0 Å². The second-order valence-electron chi connectivity index (χ2n) is 3.44. The van der Waals surface area contributed by atoms with Crippen LogP contribution in [0.5, 0.6) is 0 Å². The van der Waals surface area contributed by atoms with E-state index >= 15 is 0 Å². The Morgan fingerprint density at radius 3 is 2.79 bits per heavy atom. The zero-order valence-electron chi connectivity index (χ0n) is 7.93. The summed E-state index contributed by atoms with van der Waals surface area (Å²) < 4.78 is 10.6. The Kier molecular flexibility index (Phi) is 3.14. The molecule has 0 bridgehead atoms. The summed E-state index contributed by atoms with van der Waals surface area (Å²) in [5, 5.41) is 9.09. The van der Waals surface area contributed by atoms with Gasteiger partial charge in [0.15, 0.2) is 6.29 Å². The summed E-state index contributed by atoms with van der Waals surface area (Å²) in [4.78, 5) is 0. The molecular weight excluding hydrogens is 180 g/mol. The van der Waals surface area contributed by atoms with E-state index in [1.54, 1.807) is 0 Å². The lowest BCUT2D eigenvalue weighted by atomic mass is 10.2. The van der Waals surface area contributed by atoms with Crippen LogP contribution in [-0.2, 0) is 16.1 Å². The maximum atomic E-state index is 9.09. The summed E-state index contributed by atoms with van der Waals surface area (Å²) in [5.74, 6) is 0. The number of hydrogen-bond donors (Lipinski definition) is 1. The maximum absolute atomic E-state index is 9.09. The molecule has 1 aromatic carbocycles. The Hall–Kier alpha value is -0.900. The highest BCUT2D eigenvalue weighted by molar-refractivity contribution is 5.13. The van der Waals surface area contributed by atoms with E-state index in [1.807, 2.05) is 30.3 Å². The zero-order valence-corrected chi connectivity index (χ0v) is 7.93. The first-order valence-electron chi connectivity index (χ1n) is 4.80. The molecule has 0 saturated carbocycles. The van der Waals surface area contributed by atoms with Gasteiger partial charge in [-0.25, -0.2) is 0 Å². The second kappa shape index (κ2) is 4.55. The van der Waals surface area contributed by atoms with E-state index in [0.29, 0.717) is 19.6 Å². The summed E-state index contributed by atoms with van der Waals surface area (Å²) in [6, 6.07) is 9.99. The minimum Gasteiger partial charge on any atom is -0.371 e.